The van der Waals surface area contributed by atoms with E-state index in [0.717, 1.165) is 31.0 Å². The lowest BCUT2D eigenvalue weighted by Gasteiger charge is -2.28. The first-order chi connectivity index (χ1) is 9.40. The van der Waals surface area contributed by atoms with Crippen LogP contribution in [0.5, 0.6) is 5.75 Å². The summed E-state index contributed by atoms with van der Waals surface area (Å²) in [7, 11) is 0. The number of aryl methyl sites for hydroxylation is 1. The molecule has 0 aliphatic carbocycles. The first kappa shape index (κ1) is 15.2. The maximum atomic E-state index is 11.0. The summed E-state index contributed by atoms with van der Waals surface area (Å²) in [4.78, 5) is 11.0. The standard InChI is InChI=1S/C15H21NO3S/c1-15(2,13(16)14(17)18)20-8-6-10-3-4-12-11(9-10)5-7-19-12/h3-4,9,13H,5-8,16H2,1-2H3,(H,17,18)/t13-/m1/s1. The molecule has 1 aromatic carbocycles. The van der Waals surface area contributed by atoms with Crippen molar-refractivity contribution >= 4 is 17.7 Å². The van der Waals surface area contributed by atoms with Crippen LogP contribution in [0.25, 0.3) is 0 Å². The molecule has 1 aromatic rings. The molecule has 0 saturated heterocycles. The lowest BCUT2D eigenvalue weighted by atomic mass is 10.1. The highest BCUT2D eigenvalue weighted by atomic mass is 32.2. The molecular weight excluding hydrogens is 274 g/mol. The van der Waals surface area contributed by atoms with E-state index in [4.69, 9.17) is 15.6 Å². The van der Waals surface area contributed by atoms with Gasteiger partial charge in [0.15, 0.2) is 0 Å². The van der Waals surface area contributed by atoms with Gasteiger partial charge in [0.25, 0.3) is 0 Å². The molecule has 0 bridgehead atoms. The van der Waals surface area contributed by atoms with Crippen molar-refractivity contribution in [3.8, 4) is 5.75 Å². The highest BCUT2D eigenvalue weighted by Gasteiger charge is 2.32. The van der Waals surface area contributed by atoms with Crippen molar-refractivity contribution in [1.29, 1.82) is 0 Å². The minimum absolute atomic E-state index is 0.467. The number of hydrogen-bond donors (Lipinski definition) is 2. The number of nitrogens with two attached hydrogens (primary N) is 1. The van der Waals surface area contributed by atoms with Crippen molar-refractivity contribution in [2.24, 2.45) is 5.73 Å². The number of carboxylic acids is 1. The summed E-state index contributed by atoms with van der Waals surface area (Å²) >= 11 is 1.61. The van der Waals surface area contributed by atoms with Gasteiger partial charge in [0.2, 0.25) is 0 Å². The van der Waals surface area contributed by atoms with Crippen LogP contribution < -0.4 is 10.5 Å². The van der Waals surface area contributed by atoms with Crippen LogP contribution in [0.15, 0.2) is 18.2 Å². The number of rotatable bonds is 6. The topological polar surface area (TPSA) is 72.5 Å². The van der Waals surface area contributed by atoms with Gasteiger partial charge in [-0.15, -0.1) is 0 Å². The van der Waals surface area contributed by atoms with Crippen molar-refractivity contribution in [1.82, 2.24) is 0 Å². The highest BCUT2D eigenvalue weighted by molar-refractivity contribution is 8.00. The Labute approximate surface area is 123 Å². The minimum Gasteiger partial charge on any atom is -0.493 e. The molecule has 5 heteroatoms. The van der Waals surface area contributed by atoms with E-state index >= 15 is 0 Å². The predicted octanol–water partition coefficient (Wildman–Crippen LogP) is 2.09. The van der Waals surface area contributed by atoms with Gasteiger partial charge < -0.3 is 15.6 Å². The van der Waals surface area contributed by atoms with E-state index in [-0.39, 0.29) is 0 Å². The molecule has 1 atom stereocenters. The minimum atomic E-state index is -0.947. The van der Waals surface area contributed by atoms with Gasteiger partial charge in [-0.1, -0.05) is 12.1 Å². The Morgan fingerprint density at radius 3 is 3.00 bits per heavy atom. The second kappa shape index (κ2) is 6.06. The van der Waals surface area contributed by atoms with Gasteiger partial charge in [0.05, 0.1) is 6.61 Å². The molecule has 0 spiro atoms. The molecule has 110 valence electrons. The maximum absolute atomic E-state index is 11.0. The van der Waals surface area contributed by atoms with E-state index in [9.17, 15) is 4.79 Å². The number of carboxylic acid groups (broad SMARTS) is 1. The molecule has 0 aromatic heterocycles. The SMILES string of the molecule is CC(C)(SCCc1ccc2c(c1)CCO2)[C@H](N)C(=O)O. The van der Waals surface area contributed by atoms with E-state index in [1.165, 1.54) is 11.1 Å². The zero-order valence-electron chi connectivity index (χ0n) is 11.9. The van der Waals surface area contributed by atoms with Crippen LogP contribution in [0.3, 0.4) is 0 Å². The molecule has 20 heavy (non-hydrogen) atoms. The van der Waals surface area contributed by atoms with Gasteiger partial charge in [0.1, 0.15) is 11.8 Å². The Morgan fingerprint density at radius 2 is 2.30 bits per heavy atom. The number of hydrogen-bond acceptors (Lipinski definition) is 4. The lowest BCUT2D eigenvalue weighted by Crippen LogP contribution is -2.46. The molecule has 0 fully saturated rings. The van der Waals surface area contributed by atoms with Gasteiger partial charge in [-0.05, 0) is 43.2 Å². The third-order valence-corrected chi connectivity index (χ3v) is 5.04. The molecular formula is C15H21NO3S. The molecule has 4 nitrogen and oxygen atoms in total. The molecule has 2 rings (SSSR count). The predicted molar refractivity (Wildman–Crippen MR) is 81.5 cm³/mol. The highest BCUT2D eigenvalue weighted by Crippen LogP contribution is 2.30. The molecule has 1 aliphatic heterocycles. The zero-order valence-corrected chi connectivity index (χ0v) is 12.7. The molecule has 0 amide bonds. The van der Waals surface area contributed by atoms with E-state index in [2.05, 4.69) is 12.1 Å². The molecule has 0 unspecified atom stereocenters. The van der Waals surface area contributed by atoms with E-state index < -0.39 is 16.8 Å². The Bertz CT molecular complexity index is 502. The fraction of sp³-hybridized carbons (Fsp3) is 0.533. The first-order valence-corrected chi connectivity index (χ1v) is 7.75. The fourth-order valence-electron chi connectivity index (χ4n) is 2.21. The van der Waals surface area contributed by atoms with Crippen LogP contribution in [0.1, 0.15) is 25.0 Å². The van der Waals surface area contributed by atoms with Gasteiger partial charge in [-0.3, -0.25) is 4.79 Å². The van der Waals surface area contributed by atoms with Crippen LogP contribution in [-0.4, -0.2) is 34.2 Å². The number of aliphatic carboxylic acids is 1. The average molecular weight is 295 g/mol. The molecule has 3 N–H and O–H groups in total. The Hall–Kier alpha value is -1.20. The molecule has 0 radical (unpaired) electrons. The zero-order chi connectivity index (χ0) is 14.8. The monoisotopic (exact) mass is 295 g/mol. The second-order valence-electron chi connectivity index (χ2n) is 5.56. The van der Waals surface area contributed by atoms with Crippen molar-refractivity contribution in [2.75, 3.05) is 12.4 Å². The second-order valence-corrected chi connectivity index (χ2v) is 7.31. The number of ether oxygens (including phenoxy) is 1. The van der Waals surface area contributed by atoms with Crippen LogP contribution in [0, 0.1) is 0 Å². The largest absolute Gasteiger partial charge is 0.493 e. The summed E-state index contributed by atoms with van der Waals surface area (Å²) in [5.41, 5.74) is 8.25. The average Bonchev–Trinajstić information content (AvgIpc) is 2.84. The summed E-state index contributed by atoms with van der Waals surface area (Å²) in [6.45, 7) is 4.54. The third-order valence-electron chi connectivity index (χ3n) is 3.63. The number of carbonyl (C=O) groups is 1. The summed E-state index contributed by atoms with van der Waals surface area (Å²) in [5, 5.41) is 8.99. The van der Waals surface area contributed by atoms with Crippen molar-refractivity contribution in [3.63, 3.8) is 0 Å². The first-order valence-electron chi connectivity index (χ1n) is 6.77. The number of fused-ring (bicyclic) bond motifs is 1. The quantitative estimate of drug-likeness (QED) is 0.840. The van der Waals surface area contributed by atoms with Gasteiger partial charge >= 0.3 is 5.97 Å². The van der Waals surface area contributed by atoms with Gasteiger partial charge in [-0.2, -0.15) is 11.8 Å². The van der Waals surface area contributed by atoms with Crippen LogP contribution >= 0.6 is 11.8 Å². The number of benzene rings is 1. The van der Waals surface area contributed by atoms with E-state index in [1.807, 2.05) is 19.9 Å². The fourth-order valence-corrected chi connectivity index (χ4v) is 3.36. The van der Waals surface area contributed by atoms with Crippen molar-refractivity contribution in [3.05, 3.63) is 29.3 Å². The van der Waals surface area contributed by atoms with Crippen LogP contribution in [-0.2, 0) is 17.6 Å². The third kappa shape index (κ3) is 3.46. The smallest absolute Gasteiger partial charge is 0.321 e. The summed E-state index contributed by atoms with van der Waals surface area (Å²) in [6.07, 6.45) is 1.89. The van der Waals surface area contributed by atoms with Gasteiger partial charge in [0, 0.05) is 11.2 Å². The van der Waals surface area contributed by atoms with Crippen molar-refractivity contribution in [2.45, 2.75) is 37.5 Å². The van der Waals surface area contributed by atoms with E-state index in [0.29, 0.717) is 0 Å². The molecule has 0 saturated carbocycles. The Kier molecular flexibility index (Phi) is 4.60. The Balaban J connectivity index is 1.88. The molecule has 1 aliphatic rings. The van der Waals surface area contributed by atoms with Crippen molar-refractivity contribution < 1.29 is 14.6 Å². The normalized spacial score (nSPS) is 15.6. The maximum Gasteiger partial charge on any atom is 0.321 e. The lowest BCUT2D eigenvalue weighted by molar-refractivity contribution is -0.139. The van der Waals surface area contributed by atoms with Crippen LogP contribution in [0.2, 0.25) is 0 Å². The summed E-state index contributed by atoms with van der Waals surface area (Å²) in [5.74, 6) is 0.903. The summed E-state index contributed by atoms with van der Waals surface area (Å²) in [6, 6.07) is 5.44. The summed E-state index contributed by atoms with van der Waals surface area (Å²) < 4.78 is 5.02. The van der Waals surface area contributed by atoms with Gasteiger partial charge in [-0.25, -0.2) is 0 Å². The molecule has 1 heterocycles. The van der Waals surface area contributed by atoms with E-state index in [1.54, 1.807) is 11.8 Å². The number of thioether (sulfide) groups is 1. The van der Waals surface area contributed by atoms with Crippen LogP contribution in [0.4, 0.5) is 0 Å². The Morgan fingerprint density at radius 1 is 1.55 bits per heavy atom.